The molecule has 0 aliphatic carbocycles. The molecule has 2 N–H and O–H groups in total. The first-order valence-electron chi connectivity index (χ1n) is 5.26. The predicted octanol–water partition coefficient (Wildman–Crippen LogP) is 2.79. The number of rotatable bonds is 4. The molecule has 2 aromatic heterocycles. The first-order valence-corrected chi connectivity index (χ1v) is 6.94. The maximum absolute atomic E-state index is 11.8. The van der Waals surface area contributed by atoms with Crippen LogP contribution < -0.4 is 5.32 Å². The molecule has 2 aromatic rings. The highest BCUT2D eigenvalue weighted by molar-refractivity contribution is 9.11. The third-order valence-corrected chi connectivity index (χ3v) is 3.75. The van der Waals surface area contributed by atoms with Gasteiger partial charge in [0.25, 0.3) is 5.91 Å². The predicted molar refractivity (Wildman–Crippen MR) is 75.5 cm³/mol. The molecular weight excluding hydrogens is 332 g/mol. The molecule has 0 bridgehead atoms. The largest absolute Gasteiger partial charge is 0.481 e. The van der Waals surface area contributed by atoms with Gasteiger partial charge in [-0.25, -0.2) is 0 Å². The second-order valence-corrected chi connectivity index (χ2v) is 5.99. The molecule has 0 atom stereocenters. The quantitative estimate of drug-likeness (QED) is 0.896. The van der Waals surface area contributed by atoms with Crippen LogP contribution in [0.3, 0.4) is 0 Å². The van der Waals surface area contributed by atoms with E-state index in [-0.39, 0.29) is 12.3 Å². The minimum absolute atomic E-state index is 0.133. The van der Waals surface area contributed by atoms with Gasteiger partial charge in [-0.3, -0.25) is 14.6 Å². The number of carbonyl (C=O) groups excluding carboxylic acids is 1. The Hall–Kier alpha value is -1.73. The molecule has 0 aromatic carbocycles. The maximum Gasteiger partial charge on any atom is 0.309 e. The lowest BCUT2D eigenvalue weighted by molar-refractivity contribution is -0.136. The number of carbonyl (C=O) groups is 2. The highest BCUT2D eigenvalue weighted by atomic mass is 79.9. The summed E-state index contributed by atoms with van der Waals surface area (Å²) in [5, 5.41) is 13.1. The van der Waals surface area contributed by atoms with E-state index < -0.39 is 5.97 Å². The Morgan fingerprint density at radius 1 is 1.42 bits per heavy atom. The highest BCUT2D eigenvalue weighted by Gasteiger charge is 2.09. The summed E-state index contributed by atoms with van der Waals surface area (Å²) in [5.74, 6) is -1.16. The van der Waals surface area contributed by atoms with Crippen LogP contribution in [0.2, 0.25) is 0 Å². The summed E-state index contributed by atoms with van der Waals surface area (Å²) < 4.78 is 0.882. The second kappa shape index (κ2) is 5.94. The van der Waals surface area contributed by atoms with Gasteiger partial charge in [-0.2, -0.15) is 0 Å². The van der Waals surface area contributed by atoms with Crippen molar-refractivity contribution in [2.24, 2.45) is 0 Å². The second-order valence-electron chi connectivity index (χ2n) is 3.70. The van der Waals surface area contributed by atoms with Crippen molar-refractivity contribution in [1.82, 2.24) is 4.98 Å². The van der Waals surface area contributed by atoms with Gasteiger partial charge in [0.05, 0.1) is 33.3 Å². The summed E-state index contributed by atoms with van der Waals surface area (Å²) in [6.07, 6.45) is 1.31. The molecule has 2 rings (SSSR count). The SMILES string of the molecule is O=C(O)Cc1ccc(NC(=O)c2csc(Br)c2)cn1. The molecule has 0 aliphatic heterocycles. The van der Waals surface area contributed by atoms with E-state index >= 15 is 0 Å². The Morgan fingerprint density at radius 3 is 2.74 bits per heavy atom. The van der Waals surface area contributed by atoms with Crippen molar-refractivity contribution in [3.05, 3.63) is 44.8 Å². The molecule has 0 fully saturated rings. The lowest BCUT2D eigenvalue weighted by Crippen LogP contribution is -2.11. The highest BCUT2D eigenvalue weighted by Crippen LogP contribution is 2.21. The van der Waals surface area contributed by atoms with E-state index in [0.29, 0.717) is 16.9 Å². The molecule has 0 unspecified atom stereocenters. The maximum atomic E-state index is 11.8. The molecular formula is C12H9BrN2O3S. The molecule has 0 spiro atoms. The van der Waals surface area contributed by atoms with Crippen molar-refractivity contribution in [1.29, 1.82) is 0 Å². The van der Waals surface area contributed by atoms with Crippen molar-refractivity contribution in [3.8, 4) is 0 Å². The Morgan fingerprint density at radius 2 is 2.21 bits per heavy atom. The fourth-order valence-corrected chi connectivity index (χ4v) is 2.53. The summed E-state index contributed by atoms with van der Waals surface area (Å²) in [4.78, 5) is 26.3. The Labute approximate surface area is 121 Å². The average Bonchev–Trinajstić information content (AvgIpc) is 2.78. The summed E-state index contributed by atoms with van der Waals surface area (Å²) in [7, 11) is 0. The number of hydrogen-bond acceptors (Lipinski definition) is 4. The number of halogens is 1. The number of amides is 1. The van der Waals surface area contributed by atoms with Crippen molar-refractivity contribution < 1.29 is 14.7 Å². The van der Waals surface area contributed by atoms with Crippen LogP contribution in [0.1, 0.15) is 16.1 Å². The van der Waals surface area contributed by atoms with Crippen molar-refractivity contribution >= 4 is 44.8 Å². The third kappa shape index (κ3) is 3.87. The standard InChI is InChI=1S/C12H9BrN2O3S/c13-10-3-7(6-19-10)12(18)15-9-2-1-8(14-5-9)4-11(16)17/h1-3,5-6H,4H2,(H,15,18)(H,16,17). The van der Waals surface area contributed by atoms with Gasteiger partial charge in [0, 0.05) is 5.38 Å². The number of hydrogen-bond donors (Lipinski definition) is 2. The number of aliphatic carboxylic acids is 1. The topological polar surface area (TPSA) is 79.3 Å². The number of nitrogens with one attached hydrogen (secondary N) is 1. The fourth-order valence-electron chi connectivity index (χ4n) is 1.39. The molecule has 7 heteroatoms. The number of aromatic nitrogens is 1. The van der Waals surface area contributed by atoms with Gasteiger partial charge < -0.3 is 10.4 Å². The summed E-state index contributed by atoms with van der Waals surface area (Å²) >= 11 is 4.72. The summed E-state index contributed by atoms with van der Waals surface area (Å²) in [6.45, 7) is 0. The van der Waals surface area contributed by atoms with E-state index in [0.717, 1.165) is 3.79 Å². The van der Waals surface area contributed by atoms with Crippen LogP contribution in [0.5, 0.6) is 0 Å². The summed E-state index contributed by atoms with van der Waals surface area (Å²) in [6, 6.07) is 4.93. The minimum atomic E-state index is -0.938. The molecule has 0 saturated heterocycles. The molecule has 0 aliphatic rings. The van der Waals surface area contributed by atoms with Crippen molar-refractivity contribution in [2.45, 2.75) is 6.42 Å². The Kier molecular flexibility index (Phi) is 4.28. The first-order chi connectivity index (χ1) is 9.04. The zero-order chi connectivity index (χ0) is 13.8. The monoisotopic (exact) mass is 340 g/mol. The number of carboxylic acids is 1. The lowest BCUT2D eigenvalue weighted by Gasteiger charge is -2.04. The molecule has 1 amide bonds. The van der Waals surface area contributed by atoms with Gasteiger partial charge >= 0.3 is 5.97 Å². The van der Waals surface area contributed by atoms with Crippen LogP contribution in [-0.4, -0.2) is 22.0 Å². The first kappa shape index (κ1) is 13.7. The van der Waals surface area contributed by atoms with Gasteiger partial charge in [-0.1, -0.05) is 0 Å². The molecule has 2 heterocycles. The minimum Gasteiger partial charge on any atom is -0.481 e. The van der Waals surface area contributed by atoms with E-state index in [2.05, 4.69) is 26.2 Å². The number of carboxylic acid groups (broad SMARTS) is 1. The number of anilines is 1. The van der Waals surface area contributed by atoms with E-state index in [1.807, 2.05) is 0 Å². The molecule has 5 nitrogen and oxygen atoms in total. The van der Waals surface area contributed by atoms with Gasteiger partial charge in [0.2, 0.25) is 0 Å². The van der Waals surface area contributed by atoms with E-state index in [9.17, 15) is 9.59 Å². The van der Waals surface area contributed by atoms with Gasteiger partial charge in [-0.15, -0.1) is 11.3 Å². The van der Waals surface area contributed by atoms with E-state index in [4.69, 9.17) is 5.11 Å². The number of pyridine rings is 1. The Balaban J connectivity index is 2.03. The number of nitrogens with zero attached hydrogens (tertiary/aromatic N) is 1. The zero-order valence-corrected chi connectivity index (χ0v) is 12.0. The van der Waals surface area contributed by atoms with Crippen molar-refractivity contribution in [3.63, 3.8) is 0 Å². The van der Waals surface area contributed by atoms with E-state index in [1.54, 1.807) is 23.6 Å². The van der Waals surface area contributed by atoms with Crippen LogP contribution >= 0.6 is 27.3 Å². The van der Waals surface area contributed by atoms with Crippen LogP contribution in [-0.2, 0) is 11.2 Å². The van der Waals surface area contributed by atoms with Crippen molar-refractivity contribution in [2.75, 3.05) is 5.32 Å². The zero-order valence-electron chi connectivity index (χ0n) is 9.59. The van der Waals surface area contributed by atoms with Crippen LogP contribution in [0.4, 0.5) is 5.69 Å². The van der Waals surface area contributed by atoms with Crippen LogP contribution in [0.25, 0.3) is 0 Å². The average molecular weight is 341 g/mol. The number of thiophene rings is 1. The molecule has 0 radical (unpaired) electrons. The lowest BCUT2D eigenvalue weighted by atomic mass is 10.2. The summed E-state index contributed by atoms with van der Waals surface area (Å²) in [5.41, 5.74) is 1.54. The molecule has 98 valence electrons. The van der Waals surface area contributed by atoms with E-state index in [1.165, 1.54) is 17.5 Å². The fraction of sp³-hybridized carbons (Fsp3) is 0.0833. The smallest absolute Gasteiger partial charge is 0.309 e. The van der Waals surface area contributed by atoms with Crippen LogP contribution in [0.15, 0.2) is 33.6 Å². The third-order valence-electron chi connectivity index (χ3n) is 2.24. The Bertz CT molecular complexity index is 610. The van der Waals surface area contributed by atoms with Gasteiger partial charge in [0.1, 0.15) is 0 Å². The van der Waals surface area contributed by atoms with Gasteiger partial charge in [0.15, 0.2) is 0 Å². The molecule has 19 heavy (non-hydrogen) atoms. The molecule has 0 saturated carbocycles. The normalized spacial score (nSPS) is 10.2. The van der Waals surface area contributed by atoms with Crippen LogP contribution in [0, 0.1) is 0 Å². The van der Waals surface area contributed by atoms with Gasteiger partial charge in [-0.05, 0) is 34.1 Å².